The normalized spacial score (nSPS) is 9.50. The number of hydrogen-bond acceptors (Lipinski definition) is 1. The fourth-order valence-corrected chi connectivity index (χ4v) is 1.28. The molecule has 0 bridgehead atoms. The molecule has 0 nitrogen and oxygen atoms in total. The molecule has 0 aromatic heterocycles. The maximum Gasteiger partial charge on any atom is 0.266 e. The van der Waals surface area contributed by atoms with Crippen LogP contribution in [-0.4, -0.2) is 11.5 Å². The van der Waals surface area contributed by atoms with Crippen LogP contribution in [-0.2, 0) is 0 Å². The molecule has 0 aliphatic heterocycles. The third-order valence-electron chi connectivity index (χ3n) is 0.909. The van der Waals surface area contributed by atoms with E-state index in [-0.39, 0.29) is 0 Å². The lowest BCUT2D eigenvalue weighted by atomic mass is 10.5. The summed E-state index contributed by atoms with van der Waals surface area (Å²) in [5.74, 6) is 1.88. The molecule has 0 fully saturated rings. The van der Waals surface area contributed by atoms with Gasteiger partial charge in [0.15, 0.2) is 0 Å². The van der Waals surface area contributed by atoms with Gasteiger partial charge in [0.05, 0.1) is 0 Å². The van der Waals surface area contributed by atoms with Gasteiger partial charge in [0.2, 0.25) is 0 Å². The average Bonchev–Trinajstić information content (AvgIpc) is 1.87. The summed E-state index contributed by atoms with van der Waals surface area (Å²) in [6.45, 7) is 2.08. The summed E-state index contributed by atoms with van der Waals surface area (Å²) in [4.78, 5) is 0. The molecule has 0 saturated carbocycles. The molecule has 0 amide bonds. The number of allylic oxidation sites excluding steroid dienone is 1. The molecule has 0 aromatic carbocycles. The third kappa shape index (κ3) is 7.95. The summed E-state index contributed by atoms with van der Waals surface area (Å²) in [6, 6.07) is 0. The first-order valence-electron chi connectivity index (χ1n) is 3.36. The number of rotatable bonds is 5. The highest BCUT2D eigenvalue weighted by Gasteiger charge is 1.88. The Morgan fingerprint density at radius 1 is 1.40 bits per heavy atom. The van der Waals surface area contributed by atoms with E-state index < -0.39 is 6.08 Å². The summed E-state index contributed by atoms with van der Waals surface area (Å²) in [5, 5.41) is 0. The first-order chi connectivity index (χ1) is 4.77. The second-order valence-corrected chi connectivity index (χ2v) is 3.12. The van der Waals surface area contributed by atoms with Crippen molar-refractivity contribution >= 4 is 11.8 Å². The van der Waals surface area contributed by atoms with Crippen LogP contribution in [0, 0.1) is 0 Å². The third-order valence-corrected chi connectivity index (χ3v) is 2.13. The number of thioether (sulfide) groups is 1. The Bertz CT molecular complexity index is 97.8. The Balaban J connectivity index is 2.98. The SMILES string of the molecule is CCCSCCC=C(F)F. The minimum absolute atomic E-state index is 0.493. The topological polar surface area (TPSA) is 0 Å². The molecule has 0 atom stereocenters. The highest BCUT2D eigenvalue weighted by atomic mass is 32.2. The lowest BCUT2D eigenvalue weighted by Gasteiger charge is -1.93. The second kappa shape index (κ2) is 7.06. The van der Waals surface area contributed by atoms with Crippen LogP contribution >= 0.6 is 11.8 Å². The molecule has 0 radical (unpaired) electrons. The van der Waals surface area contributed by atoms with Gasteiger partial charge >= 0.3 is 0 Å². The van der Waals surface area contributed by atoms with E-state index in [1.807, 2.05) is 0 Å². The van der Waals surface area contributed by atoms with E-state index in [2.05, 4.69) is 6.92 Å². The Kier molecular flexibility index (Phi) is 7.03. The molecule has 0 aromatic rings. The van der Waals surface area contributed by atoms with Crippen LogP contribution < -0.4 is 0 Å². The fourth-order valence-electron chi connectivity index (χ4n) is 0.498. The van der Waals surface area contributed by atoms with Gasteiger partial charge in [-0.2, -0.15) is 20.5 Å². The van der Waals surface area contributed by atoms with Gasteiger partial charge in [-0.15, -0.1) is 0 Å². The van der Waals surface area contributed by atoms with Crippen molar-refractivity contribution in [2.24, 2.45) is 0 Å². The highest BCUT2D eigenvalue weighted by Crippen LogP contribution is 2.06. The largest absolute Gasteiger partial charge is 0.266 e. The molecule has 3 heteroatoms. The molecule has 0 aliphatic carbocycles. The predicted molar refractivity (Wildman–Crippen MR) is 42.5 cm³/mol. The van der Waals surface area contributed by atoms with Gasteiger partial charge < -0.3 is 0 Å². The van der Waals surface area contributed by atoms with Crippen LogP contribution in [0.4, 0.5) is 8.78 Å². The van der Waals surface area contributed by atoms with Gasteiger partial charge in [0.25, 0.3) is 6.08 Å². The van der Waals surface area contributed by atoms with Gasteiger partial charge in [0.1, 0.15) is 0 Å². The Labute approximate surface area is 64.7 Å². The van der Waals surface area contributed by atoms with Crippen LogP contribution in [0.2, 0.25) is 0 Å². The van der Waals surface area contributed by atoms with E-state index in [0.717, 1.165) is 24.0 Å². The maximum absolute atomic E-state index is 11.4. The molecule has 60 valence electrons. The van der Waals surface area contributed by atoms with Crippen molar-refractivity contribution in [3.8, 4) is 0 Å². The molecule has 0 spiro atoms. The van der Waals surface area contributed by atoms with E-state index in [1.54, 1.807) is 11.8 Å². The van der Waals surface area contributed by atoms with Crippen LogP contribution in [0.5, 0.6) is 0 Å². The van der Waals surface area contributed by atoms with Gasteiger partial charge in [-0.1, -0.05) is 6.92 Å². The summed E-state index contributed by atoms with van der Waals surface area (Å²) in [5.41, 5.74) is 0. The lowest BCUT2D eigenvalue weighted by molar-refractivity contribution is 0.418. The Morgan fingerprint density at radius 2 is 2.10 bits per heavy atom. The molecule has 10 heavy (non-hydrogen) atoms. The molecule has 0 N–H and O–H groups in total. The molecule has 0 heterocycles. The van der Waals surface area contributed by atoms with Crippen molar-refractivity contribution in [1.82, 2.24) is 0 Å². The zero-order chi connectivity index (χ0) is 7.82. The lowest BCUT2D eigenvalue weighted by Crippen LogP contribution is -1.78. The summed E-state index contributed by atoms with van der Waals surface area (Å²) in [6.07, 6.45) is 1.03. The van der Waals surface area contributed by atoms with Crippen molar-refractivity contribution in [3.05, 3.63) is 12.2 Å². The predicted octanol–water partition coefficient (Wildman–Crippen LogP) is 3.30. The van der Waals surface area contributed by atoms with Gasteiger partial charge in [-0.3, -0.25) is 0 Å². The van der Waals surface area contributed by atoms with Crippen LogP contribution in [0.15, 0.2) is 12.2 Å². The van der Waals surface area contributed by atoms with E-state index in [0.29, 0.717) is 6.42 Å². The fraction of sp³-hybridized carbons (Fsp3) is 0.714. The highest BCUT2D eigenvalue weighted by molar-refractivity contribution is 7.99. The van der Waals surface area contributed by atoms with Crippen LogP contribution in [0.25, 0.3) is 0 Å². The van der Waals surface area contributed by atoms with E-state index in [1.165, 1.54) is 0 Å². The molecule has 0 unspecified atom stereocenters. The minimum Gasteiger partial charge on any atom is -0.174 e. The van der Waals surface area contributed by atoms with Gasteiger partial charge in [0, 0.05) is 0 Å². The van der Waals surface area contributed by atoms with Gasteiger partial charge in [-0.05, 0) is 30.4 Å². The maximum atomic E-state index is 11.4. The number of hydrogen-bond donors (Lipinski definition) is 0. The Hall–Kier alpha value is -0.0500. The van der Waals surface area contributed by atoms with E-state index >= 15 is 0 Å². The van der Waals surface area contributed by atoms with Crippen molar-refractivity contribution in [1.29, 1.82) is 0 Å². The quantitative estimate of drug-likeness (QED) is 0.565. The molecule has 0 rings (SSSR count). The molecule has 0 aliphatic rings. The summed E-state index contributed by atoms with van der Waals surface area (Å²) in [7, 11) is 0. The van der Waals surface area contributed by atoms with Crippen molar-refractivity contribution < 1.29 is 8.78 Å². The monoisotopic (exact) mass is 166 g/mol. The number of halogens is 2. The zero-order valence-corrected chi connectivity index (χ0v) is 6.89. The standard InChI is InChI=1S/C7H12F2S/c1-2-5-10-6-3-4-7(8)9/h4H,2-3,5-6H2,1H3. The second-order valence-electron chi connectivity index (χ2n) is 1.89. The summed E-state index contributed by atoms with van der Waals surface area (Å²) < 4.78 is 22.8. The Morgan fingerprint density at radius 3 is 2.60 bits per heavy atom. The van der Waals surface area contributed by atoms with Crippen molar-refractivity contribution in [2.45, 2.75) is 19.8 Å². The van der Waals surface area contributed by atoms with Crippen molar-refractivity contribution in [3.63, 3.8) is 0 Å². The van der Waals surface area contributed by atoms with Crippen LogP contribution in [0.1, 0.15) is 19.8 Å². The molecule has 0 saturated heterocycles. The van der Waals surface area contributed by atoms with E-state index in [9.17, 15) is 8.78 Å². The van der Waals surface area contributed by atoms with Crippen molar-refractivity contribution in [2.75, 3.05) is 11.5 Å². The average molecular weight is 166 g/mol. The minimum atomic E-state index is -1.56. The van der Waals surface area contributed by atoms with Crippen LogP contribution in [0.3, 0.4) is 0 Å². The zero-order valence-electron chi connectivity index (χ0n) is 6.07. The molecular weight excluding hydrogens is 154 g/mol. The van der Waals surface area contributed by atoms with E-state index in [4.69, 9.17) is 0 Å². The molecular formula is C7H12F2S. The first kappa shape index (κ1) is 9.95. The smallest absolute Gasteiger partial charge is 0.174 e. The first-order valence-corrected chi connectivity index (χ1v) is 4.51. The van der Waals surface area contributed by atoms with Gasteiger partial charge in [-0.25, -0.2) is 0 Å². The summed E-state index contributed by atoms with van der Waals surface area (Å²) >= 11 is 1.72.